The first kappa shape index (κ1) is 22.5. The molecule has 0 aliphatic carbocycles. The summed E-state index contributed by atoms with van der Waals surface area (Å²) in [5.74, 6) is -1.76. The first-order valence-electron chi connectivity index (χ1n) is 10.2. The van der Waals surface area contributed by atoms with E-state index in [0.717, 1.165) is 11.3 Å². The lowest BCUT2D eigenvalue weighted by Gasteiger charge is -2.45. The van der Waals surface area contributed by atoms with Crippen LogP contribution in [0.3, 0.4) is 0 Å². The molecule has 0 radical (unpaired) electrons. The van der Waals surface area contributed by atoms with Gasteiger partial charge in [-0.1, -0.05) is 18.2 Å². The van der Waals surface area contributed by atoms with E-state index in [1.807, 2.05) is 28.8 Å². The van der Waals surface area contributed by atoms with E-state index >= 15 is 0 Å². The Morgan fingerprint density at radius 1 is 1.12 bits per heavy atom. The molecule has 10 heteroatoms. The summed E-state index contributed by atoms with van der Waals surface area (Å²) in [6.45, 7) is -0.114. The largest absolute Gasteiger partial charge is 0.497 e. The summed E-state index contributed by atoms with van der Waals surface area (Å²) >= 11 is 0. The predicted molar refractivity (Wildman–Crippen MR) is 112 cm³/mol. The normalized spacial score (nSPS) is 28.1. The molecule has 3 aromatic rings. The Morgan fingerprint density at radius 3 is 2.56 bits per heavy atom. The average molecular weight is 446 g/mol. The molecule has 4 rings (SSSR count). The van der Waals surface area contributed by atoms with Crippen molar-refractivity contribution in [1.29, 1.82) is 0 Å². The maximum absolute atomic E-state index is 10.9. The van der Waals surface area contributed by atoms with Gasteiger partial charge in [-0.15, -0.1) is 0 Å². The zero-order chi connectivity index (χ0) is 22.9. The molecule has 1 aliphatic heterocycles. The summed E-state index contributed by atoms with van der Waals surface area (Å²) < 4.78 is 17.7. The Labute approximate surface area is 183 Å². The highest BCUT2D eigenvalue weighted by atomic mass is 16.7. The molecule has 32 heavy (non-hydrogen) atoms. The summed E-state index contributed by atoms with van der Waals surface area (Å²) in [6, 6.07) is 12.6. The van der Waals surface area contributed by atoms with Crippen LogP contribution in [0.1, 0.15) is 5.56 Å². The number of para-hydroxylation sites is 1. The molecular weight excluding hydrogens is 420 g/mol. The van der Waals surface area contributed by atoms with E-state index in [-0.39, 0.29) is 5.75 Å². The first-order chi connectivity index (χ1) is 15.4. The number of aliphatic hydroxyl groups is 5. The molecule has 10 nitrogen and oxygen atoms in total. The van der Waals surface area contributed by atoms with Crippen molar-refractivity contribution in [3.63, 3.8) is 0 Å². The second-order valence-electron chi connectivity index (χ2n) is 7.66. The van der Waals surface area contributed by atoms with Gasteiger partial charge in [0, 0.05) is 6.54 Å². The lowest BCUT2D eigenvalue weighted by Crippen LogP contribution is -2.69. The van der Waals surface area contributed by atoms with Crippen molar-refractivity contribution in [2.45, 2.75) is 43.4 Å². The number of rotatable bonds is 7. The minimum Gasteiger partial charge on any atom is -0.497 e. The number of benzene rings is 2. The lowest BCUT2D eigenvalue weighted by atomic mass is 9.96. The van der Waals surface area contributed by atoms with Crippen LogP contribution >= 0.6 is 0 Å². The lowest BCUT2D eigenvalue weighted by molar-refractivity contribution is -0.385. The van der Waals surface area contributed by atoms with Crippen LogP contribution in [0.15, 0.2) is 48.8 Å². The van der Waals surface area contributed by atoms with Crippen molar-refractivity contribution < 1.29 is 39.7 Å². The molecular formula is C22H26N2O8. The van der Waals surface area contributed by atoms with Crippen LogP contribution in [0.4, 0.5) is 0 Å². The Kier molecular flexibility index (Phi) is 6.33. The number of methoxy groups -OCH3 is 1. The van der Waals surface area contributed by atoms with Gasteiger partial charge in [-0.05, 0) is 36.2 Å². The topological polar surface area (TPSA) is 147 Å². The van der Waals surface area contributed by atoms with E-state index in [2.05, 4.69) is 4.98 Å². The number of hydrogen-bond donors (Lipinski definition) is 5. The molecule has 1 saturated heterocycles. The van der Waals surface area contributed by atoms with Crippen LogP contribution in [-0.4, -0.2) is 79.2 Å². The van der Waals surface area contributed by atoms with Gasteiger partial charge >= 0.3 is 0 Å². The SMILES string of the molecule is COc1ccc(CCn2cnc3cccc(O[C@]4(O)[C@@H](O)O[C@H](CO)[C@@H](O)[C@@H]4O)c32)cc1. The molecule has 1 aliphatic rings. The number of ether oxygens (including phenoxy) is 3. The molecule has 1 aromatic heterocycles. The van der Waals surface area contributed by atoms with E-state index in [9.17, 15) is 25.5 Å². The average Bonchev–Trinajstić information content (AvgIpc) is 3.23. The van der Waals surface area contributed by atoms with Crippen molar-refractivity contribution >= 4 is 11.0 Å². The van der Waals surface area contributed by atoms with Gasteiger partial charge in [0.2, 0.25) is 6.29 Å². The number of imidazole rings is 1. The summed E-state index contributed by atoms with van der Waals surface area (Å²) in [4.78, 5) is 4.36. The van der Waals surface area contributed by atoms with Crippen molar-refractivity contribution in [2.24, 2.45) is 0 Å². The zero-order valence-electron chi connectivity index (χ0n) is 17.4. The first-order valence-corrected chi connectivity index (χ1v) is 10.2. The van der Waals surface area contributed by atoms with Gasteiger partial charge in [0.1, 0.15) is 29.2 Å². The molecule has 172 valence electrons. The number of aliphatic hydroxyl groups excluding tert-OH is 4. The summed E-state index contributed by atoms with van der Waals surface area (Å²) in [6.07, 6.45) is -4.58. The van der Waals surface area contributed by atoms with Gasteiger partial charge in [0.25, 0.3) is 5.79 Å². The number of nitrogens with zero attached hydrogens (tertiary/aromatic N) is 2. The van der Waals surface area contributed by atoms with Gasteiger partial charge in [0.15, 0.2) is 6.10 Å². The molecule has 0 amide bonds. The molecule has 5 atom stereocenters. The Hall–Kier alpha value is -2.73. The van der Waals surface area contributed by atoms with Crippen molar-refractivity contribution in [3.05, 3.63) is 54.4 Å². The van der Waals surface area contributed by atoms with Gasteiger partial charge in [-0.3, -0.25) is 0 Å². The fourth-order valence-corrected chi connectivity index (χ4v) is 3.76. The number of aryl methyl sites for hydroxylation is 2. The van der Waals surface area contributed by atoms with Crippen LogP contribution in [0.2, 0.25) is 0 Å². The number of hydrogen-bond acceptors (Lipinski definition) is 9. The quantitative estimate of drug-likeness (QED) is 0.311. The maximum atomic E-state index is 10.9. The minimum atomic E-state index is -2.66. The molecule has 0 bridgehead atoms. The molecule has 0 saturated carbocycles. The minimum absolute atomic E-state index is 0.133. The third-order valence-electron chi connectivity index (χ3n) is 5.64. The van der Waals surface area contributed by atoms with E-state index in [1.165, 1.54) is 0 Å². The monoisotopic (exact) mass is 446 g/mol. The second kappa shape index (κ2) is 9.02. The van der Waals surface area contributed by atoms with Crippen molar-refractivity contribution in [1.82, 2.24) is 9.55 Å². The molecule has 0 unspecified atom stereocenters. The van der Waals surface area contributed by atoms with Crippen LogP contribution < -0.4 is 9.47 Å². The second-order valence-corrected chi connectivity index (χ2v) is 7.66. The van der Waals surface area contributed by atoms with Crippen LogP contribution in [-0.2, 0) is 17.7 Å². The fraction of sp³-hybridized carbons (Fsp3) is 0.409. The Balaban J connectivity index is 1.60. The van der Waals surface area contributed by atoms with E-state index < -0.39 is 37.0 Å². The van der Waals surface area contributed by atoms with Crippen molar-refractivity contribution in [3.8, 4) is 11.5 Å². The molecule has 2 heterocycles. The fourth-order valence-electron chi connectivity index (χ4n) is 3.76. The summed E-state index contributed by atoms with van der Waals surface area (Å²) in [5, 5.41) is 50.9. The molecule has 2 aromatic carbocycles. The Bertz CT molecular complexity index is 1060. The highest BCUT2D eigenvalue weighted by Gasteiger charge is 2.57. The maximum Gasteiger partial charge on any atom is 0.288 e. The van der Waals surface area contributed by atoms with E-state index in [4.69, 9.17) is 14.2 Å². The number of aromatic nitrogens is 2. The zero-order valence-corrected chi connectivity index (χ0v) is 17.4. The number of fused-ring (bicyclic) bond motifs is 1. The molecule has 0 spiro atoms. The summed E-state index contributed by atoms with van der Waals surface area (Å²) in [5.41, 5.74) is 2.19. The molecule has 1 fully saturated rings. The Morgan fingerprint density at radius 2 is 1.88 bits per heavy atom. The smallest absolute Gasteiger partial charge is 0.288 e. The van der Waals surface area contributed by atoms with E-state index in [1.54, 1.807) is 31.6 Å². The van der Waals surface area contributed by atoms with Crippen LogP contribution in [0.25, 0.3) is 11.0 Å². The third kappa shape index (κ3) is 4.04. The van der Waals surface area contributed by atoms with Crippen LogP contribution in [0.5, 0.6) is 11.5 Å². The third-order valence-corrected chi connectivity index (χ3v) is 5.64. The van der Waals surface area contributed by atoms with Crippen LogP contribution in [0, 0.1) is 0 Å². The highest BCUT2D eigenvalue weighted by molar-refractivity contribution is 5.82. The van der Waals surface area contributed by atoms with Gasteiger partial charge in [-0.25, -0.2) is 4.98 Å². The van der Waals surface area contributed by atoms with Gasteiger partial charge in [-0.2, -0.15) is 0 Å². The predicted octanol–water partition coefficient (Wildman–Crippen LogP) is -0.214. The standard InChI is InChI=1S/C22H26N2O8/c1-30-14-7-5-13(6-8-14)9-10-24-12-23-15-3-2-4-16(18(15)24)32-22(29)20(27)19(26)17(11-25)31-21(22)28/h2-8,12,17,19-21,25-29H,9-11H2,1H3/t17-,19-,20+,21+,22+/m1/s1. The van der Waals surface area contributed by atoms with Gasteiger partial charge < -0.3 is 44.3 Å². The van der Waals surface area contributed by atoms with E-state index in [0.29, 0.717) is 24.0 Å². The molecule has 5 N–H and O–H groups in total. The van der Waals surface area contributed by atoms with Crippen molar-refractivity contribution in [2.75, 3.05) is 13.7 Å². The highest BCUT2D eigenvalue weighted by Crippen LogP contribution is 2.35. The van der Waals surface area contributed by atoms with Gasteiger partial charge in [0.05, 0.1) is 25.6 Å². The summed E-state index contributed by atoms with van der Waals surface area (Å²) in [7, 11) is 1.61.